The van der Waals surface area contributed by atoms with Crippen molar-refractivity contribution in [3.8, 4) is 16.9 Å². The lowest BCUT2D eigenvalue weighted by atomic mass is 10.0. The molecule has 9 heteroatoms. The molecule has 0 spiro atoms. The molecule has 1 aliphatic rings. The molecule has 36 heavy (non-hydrogen) atoms. The largest absolute Gasteiger partial charge is 0.497 e. The minimum absolute atomic E-state index is 0.0977. The van der Waals surface area contributed by atoms with Crippen molar-refractivity contribution >= 4 is 33.4 Å². The molecular formula is C27H30N2O5S2. The zero-order valence-corrected chi connectivity index (χ0v) is 22.1. The van der Waals surface area contributed by atoms with Gasteiger partial charge in [-0.3, -0.25) is 4.79 Å². The predicted molar refractivity (Wildman–Crippen MR) is 144 cm³/mol. The van der Waals surface area contributed by atoms with E-state index in [0.717, 1.165) is 32.4 Å². The van der Waals surface area contributed by atoms with Gasteiger partial charge in [0.25, 0.3) is 0 Å². The number of anilines is 1. The molecule has 1 aliphatic heterocycles. The van der Waals surface area contributed by atoms with Crippen LogP contribution in [0, 0.1) is 0 Å². The zero-order chi connectivity index (χ0) is 25.9. The summed E-state index contributed by atoms with van der Waals surface area (Å²) >= 11 is 1.48. The Bertz CT molecular complexity index is 1310. The third-order valence-corrected chi connectivity index (χ3v) is 9.53. The second-order valence-corrected chi connectivity index (χ2v) is 12.8. The van der Waals surface area contributed by atoms with Gasteiger partial charge >= 0.3 is 5.97 Å². The number of hydrogen-bond acceptors (Lipinski definition) is 6. The number of benzene rings is 3. The average molecular weight is 527 g/mol. The van der Waals surface area contributed by atoms with Crippen molar-refractivity contribution in [2.45, 2.75) is 36.1 Å². The molecule has 3 aromatic carbocycles. The summed E-state index contributed by atoms with van der Waals surface area (Å²) in [6, 6.07) is 21.3. The Hall–Kier alpha value is -3.01. The number of sulfonamides is 1. The van der Waals surface area contributed by atoms with Gasteiger partial charge in [-0.15, -0.1) is 0 Å². The van der Waals surface area contributed by atoms with Crippen molar-refractivity contribution in [2.24, 2.45) is 0 Å². The van der Waals surface area contributed by atoms with Gasteiger partial charge in [0.1, 0.15) is 11.8 Å². The lowest BCUT2D eigenvalue weighted by Crippen LogP contribution is -2.58. The molecule has 4 rings (SSSR count). The quantitative estimate of drug-likeness (QED) is 0.429. The van der Waals surface area contributed by atoms with Gasteiger partial charge in [-0.25, -0.2) is 8.42 Å². The minimum Gasteiger partial charge on any atom is -0.497 e. The summed E-state index contributed by atoms with van der Waals surface area (Å²) in [7, 11) is -2.31. The molecule has 0 amide bonds. The van der Waals surface area contributed by atoms with Gasteiger partial charge in [-0.2, -0.15) is 16.1 Å². The van der Waals surface area contributed by atoms with Gasteiger partial charge in [0.15, 0.2) is 0 Å². The fourth-order valence-electron chi connectivity index (χ4n) is 4.32. The number of carboxylic acid groups (broad SMARTS) is 1. The highest BCUT2D eigenvalue weighted by atomic mass is 32.2. The van der Waals surface area contributed by atoms with Crippen molar-refractivity contribution in [3.05, 3.63) is 78.4 Å². The molecule has 0 bridgehead atoms. The Morgan fingerprint density at radius 3 is 2.17 bits per heavy atom. The number of methoxy groups -OCH3 is 1. The molecular weight excluding hydrogens is 496 g/mol. The van der Waals surface area contributed by atoms with Crippen LogP contribution in [0.25, 0.3) is 11.1 Å². The number of aliphatic carboxylic acids is 1. The fourth-order valence-corrected chi connectivity index (χ4v) is 7.41. The van der Waals surface area contributed by atoms with Crippen LogP contribution in [0.1, 0.15) is 19.4 Å². The van der Waals surface area contributed by atoms with E-state index in [1.54, 1.807) is 45.2 Å². The highest BCUT2D eigenvalue weighted by Crippen LogP contribution is 2.38. The Morgan fingerprint density at radius 2 is 1.61 bits per heavy atom. The van der Waals surface area contributed by atoms with Crippen molar-refractivity contribution in [2.75, 3.05) is 24.7 Å². The highest BCUT2D eigenvalue weighted by molar-refractivity contribution is 8.00. The Morgan fingerprint density at radius 1 is 1.03 bits per heavy atom. The van der Waals surface area contributed by atoms with Crippen LogP contribution < -0.4 is 10.1 Å². The van der Waals surface area contributed by atoms with Crippen molar-refractivity contribution in [1.29, 1.82) is 0 Å². The molecule has 190 valence electrons. The molecule has 0 saturated carbocycles. The van der Waals surface area contributed by atoms with E-state index in [-0.39, 0.29) is 11.4 Å². The van der Waals surface area contributed by atoms with Gasteiger partial charge in [-0.1, -0.05) is 36.4 Å². The van der Waals surface area contributed by atoms with Crippen LogP contribution in [0.3, 0.4) is 0 Å². The van der Waals surface area contributed by atoms with Crippen LogP contribution in [-0.4, -0.2) is 54.0 Å². The smallest absolute Gasteiger partial charge is 0.323 e. The maximum atomic E-state index is 13.3. The van der Waals surface area contributed by atoms with Crippen LogP contribution in [0.15, 0.2) is 77.7 Å². The van der Waals surface area contributed by atoms with Gasteiger partial charge < -0.3 is 15.2 Å². The van der Waals surface area contributed by atoms with Crippen LogP contribution in [0.4, 0.5) is 5.69 Å². The maximum absolute atomic E-state index is 13.3. The topological polar surface area (TPSA) is 95.9 Å². The molecule has 2 N–H and O–H groups in total. The number of thioether (sulfide) groups is 1. The molecule has 0 aliphatic carbocycles. The Kier molecular flexibility index (Phi) is 7.63. The molecule has 1 heterocycles. The summed E-state index contributed by atoms with van der Waals surface area (Å²) < 4.78 is 32.3. The SMILES string of the molecule is COc1ccc(NCc2ccc(-c3ccc(S(=O)(=O)N4CCSC(C)(C)C4C(=O)O)cc3)cc2)cc1. The molecule has 3 aromatic rings. The number of rotatable bonds is 8. The van der Waals surface area contributed by atoms with Crippen molar-refractivity contribution in [1.82, 2.24) is 4.31 Å². The van der Waals surface area contributed by atoms with E-state index >= 15 is 0 Å². The lowest BCUT2D eigenvalue weighted by molar-refractivity contribution is -0.142. The van der Waals surface area contributed by atoms with Crippen LogP contribution in [0.2, 0.25) is 0 Å². The lowest BCUT2D eigenvalue weighted by Gasteiger charge is -2.42. The standard InChI is InChI=1S/C27H30N2O5S2/c1-27(2)25(26(30)31)29(16-17-35-27)36(32,33)24-14-8-21(9-15-24)20-6-4-19(5-7-20)18-28-22-10-12-23(34-3)13-11-22/h4-15,25,28H,16-18H2,1-3H3,(H,30,31). The number of nitrogens with zero attached hydrogens (tertiary/aromatic N) is 1. The summed E-state index contributed by atoms with van der Waals surface area (Å²) in [6.45, 7) is 4.38. The van der Waals surface area contributed by atoms with Gasteiger partial charge in [0.2, 0.25) is 10.0 Å². The predicted octanol–water partition coefficient (Wildman–Crippen LogP) is 4.94. The number of ether oxygens (including phenoxy) is 1. The van der Waals surface area contributed by atoms with E-state index in [1.807, 2.05) is 48.5 Å². The van der Waals surface area contributed by atoms with Gasteiger partial charge in [0, 0.05) is 29.3 Å². The summed E-state index contributed by atoms with van der Waals surface area (Å²) in [5.41, 5.74) is 3.95. The van der Waals surface area contributed by atoms with Crippen LogP contribution >= 0.6 is 11.8 Å². The molecule has 0 radical (unpaired) electrons. The summed E-state index contributed by atoms with van der Waals surface area (Å²) in [5.74, 6) is 0.228. The maximum Gasteiger partial charge on any atom is 0.323 e. The first-order chi connectivity index (χ1) is 17.1. The van der Waals surface area contributed by atoms with Crippen molar-refractivity contribution < 1.29 is 23.1 Å². The molecule has 1 fully saturated rings. The summed E-state index contributed by atoms with van der Waals surface area (Å²) in [6.07, 6.45) is 0. The zero-order valence-electron chi connectivity index (χ0n) is 20.5. The first-order valence-electron chi connectivity index (χ1n) is 11.6. The monoisotopic (exact) mass is 526 g/mol. The average Bonchev–Trinajstić information content (AvgIpc) is 2.87. The van der Waals surface area contributed by atoms with E-state index in [9.17, 15) is 18.3 Å². The number of nitrogens with one attached hydrogen (secondary N) is 1. The molecule has 1 saturated heterocycles. The first kappa shape index (κ1) is 26.1. The van der Waals surface area contributed by atoms with Crippen LogP contribution in [0.5, 0.6) is 5.75 Å². The third-order valence-electron chi connectivity index (χ3n) is 6.30. The van der Waals surface area contributed by atoms with Crippen molar-refractivity contribution in [3.63, 3.8) is 0 Å². The van der Waals surface area contributed by atoms with Gasteiger partial charge in [0.05, 0.1) is 12.0 Å². The number of carboxylic acids is 1. The number of hydrogen-bond donors (Lipinski definition) is 2. The summed E-state index contributed by atoms with van der Waals surface area (Å²) in [5, 5.41) is 13.1. The van der Waals surface area contributed by atoms with Gasteiger partial charge in [-0.05, 0) is 66.9 Å². The van der Waals surface area contributed by atoms with E-state index in [0.29, 0.717) is 12.3 Å². The second-order valence-electron chi connectivity index (χ2n) is 9.11. The van der Waals surface area contributed by atoms with E-state index in [4.69, 9.17) is 4.74 Å². The number of carbonyl (C=O) groups is 1. The highest BCUT2D eigenvalue weighted by Gasteiger charge is 2.48. The summed E-state index contributed by atoms with van der Waals surface area (Å²) in [4.78, 5) is 12.0. The van der Waals surface area contributed by atoms with Crippen LogP contribution in [-0.2, 0) is 21.4 Å². The second kappa shape index (κ2) is 10.5. The third kappa shape index (κ3) is 5.53. The molecule has 7 nitrogen and oxygen atoms in total. The van der Waals surface area contributed by atoms with E-state index < -0.39 is 26.8 Å². The molecule has 1 unspecified atom stereocenters. The molecule has 1 atom stereocenters. The Labute approximate surface area is 216 Å². The normalized spacial score (nSPS) is 17.9. The fraction of sp³-hybridized carbons (Fsp3) is 0.296. The Balaban J connectivity index is 1.46. The molecule has 0 aromatic heterocycles. The minimum atomic E-state index is -3.95. The van der Waals surface area contributed by atoms with E-state index in [2.05, 4.69) is 5.32 Å². The first-order valence-corrected chi connectivity index (χ1v) is 14.0. The van der Waals surface area contributed by atoms with E-state index in [1.165, 1.54) is 11.8 Å².